The van der Waals surface area contributed by atoms with Crippen LogP contribution in [0.2, 0.25) is 0 Å². The van der Waals surface area contributed by atoms with Crippen molar-refractivity contribution in [1.29, 1.82) is 0 Å². The summed E-state index contributed by atoms with van der Waals surface area (Å²) in [6.45, 7) is 5.66. The average Bonchev–Trinajstić information content (AvgIpc) is 2.04. The zero-order valence-corrected chi connectivity index (χ0v) is 9.65. The molecule has 0 aromatic carbocycles. The summed E-state index contributed by atoms with van der Waals surface area (Å²) in [4.78, 5) is 0. The van der Waals surface area contributed by atoms with Crippen molar-refractivity contribution >= 4 is 9.84 Å². The van der Waals surface area contributed by atoms with E-state index in [1.54, 1.807) is 6.92 Å². The van der Waals surface area contributed by atoms with Gasteiger partial charge in [-0.25, -0.2) is 8.42 Å². The lowest BCUT2D eigenvalue weighted by Gasteiger charge is -2.22. The molecule has 0 amide bonds. The Bertz CT molecular complexity index is 232. The van der Waals surface area contributed by atoms with Gasteiger partial charge >= 0.3 is 0 Å². The number of nitrogens with two attached hydrogens (primary N) is 1. The first-order valence-corrected chi connectivity index (χ1v) is 6.64. The maximum Gasteiger partial charge on any atom is 0.150 e. The molecule has 0 aliphatic carbocycles. The summed E-state index contributed by atoms with van der Waals surface area (Å²) in [6, 6.07) is 0. The third-order valence-corrected chi connectivity index (χ3v) is 4.24. The molecule has 0 bridgehead atoms. The zero-order valence-electron chi connectivity index (χ0n) is 8.84. The third-order valence-electron chi connectivity index (χ3n) is 2.45. The first-order valence-electron chi connectivity index (χ1n) is 4.82. The van der Waals surface area contributed by atoms with Crippen molar-refractivity contribution < 1.29 is 8.42 Å². The lowest BCUT2D eigenvalue weighted by molar-refractivity contribution is 0.413. The SMILES string of the molecule is CCC(C)(N)CCCS(=O)(=O)CC. The summed E-state index contributed by atoms with van der Waals surface area (Å²) in [5.41, 5.74) is 5.69. The third kappa shape index (κ3) is 6.05. The van der Waals surface area contributed by atoms with Crippen molar-refractivity contribution in [3.8, 4) is 0 Å². The average molecular weight is 207 g/mol. The van der Waals surface area contributed by atoms with Crippen molar-refractivity contribution in [2.45, 2.75) is 45.6 Å². The summed E-state index contributed by atoms with van der Waals surface area (Å²) in [7, 11) is -2.81. The minimum Gasteiger partial charge on any atom is -0.325 e. The van der Waals surface area contributed by atoms with E-state index in [2.05, 4.69) is 0 Å². The molecule has 80 valence electrons. The van der Waals surface area contributed by atoms with Crippen molar-refractivity contribution in [2.75, 3.05) is 11.5 Å². The van der Waals surface area contributed by atoms with E-state index in [0.29, 0.717) is 6.42 Å². The Balaban J connectivity index is 3.81. The van der Waals surface area contributed by atoms with Gasteiger partial charge in [-0.3, -0.25) is 0 Å². The molecule has 0 saturated carbocycles. The maximum absolute atomic E-state index is 11.1. The molecule has 2 N–H and O–H groups in total. The van der Waals surface area contributed by atoms with Gasteiger partial charge in [0.05, 0.1) is 5.75 Å². The van der Waals surface area contributed by atoms with Crippen LogP contribution in [0.25, 0.3) is 0 Å². The summed E-state index contributed by atoms with van der Waals surface area (Å²) < 4.78 is 22.3. The van der Waals surface area contributed by atoms with Crippen molar-refractivity contribution in [3.63, 3.8) is 0 Å². The summed E-state index contributed by atoms with van der Waals surface area (Å²) in [5, 5.41) is 0. The highest BCUT2D eigenvalue weighted by atomic mass is 32.2. The molecule has 13 heavy (non-hydrogen) atoms. The Morgan fingerprint density at radius 1 is 1.31 bits per heavy atom. The number of hydrogen-bond donors (Lipinski definition) is 1. The standard InChI is InChI=1S/C9H21NO2S/c1-4-9(3,10)7-6-8-13(11,12)5-2/h4-8,10H2,1-3H3. The molecule has 0 heterocycles. The van der Waals surface area contributed by atoms with Crippen LogP contribution in [0.15, 0.2) is 0 Å². The summed E-state index contributed by atoms with van der Waals surface area (Å²) in [6.07, 6.45) is 2.35. The van der Waals surface area contributed by atoms with E-state index in [9.17, 15) is 8.42 Å². The molecule has 0 spiro atoms. The van der Waals surface area contributed by atoms with Crippen LogP contribution < -0.4 is 5.73 Å². The van der Waals surface area contributed by atoms with Crippen LogP contribution in [-0.4, -0.2) is 25.5 Å². The molecular weight excluding hydrogens is 186 g/mol. The first kappa shape index (κ1) is 12.9. The minimum absolute atomic E-state index is 0.205. The van der Waals surface area contributed by atoms with E-state index in [-0.39, 0.29) is 17.0 Å². The van der Waals surface area contributed by atoms with Gasteiger partial charge in [0.25, 0.3) is 0 Å². The van der Waals surface area contributed by atoms with E-state index < -0.39 is 9.84 Å². The molecule has 1 unspecified atom stereocenters. The van der Waals surface area contributed by atoms with Gasteiger partial charge in [0.15, 0.2) is 0 Å². The smallest absolute Gasteiger partial charge is 0.150 e. The molecule has 0 aromatic heterocycles. The van der Waals surface area contributed by atoms with Crippen LogP contribution in [-0.2, 0) is 9.84 Å². The number of hydrogen-bond acceptors (Lipinski definition) is 3. The predicted molar refractivity (Wildman–Crippen MR) is 56.4 cm³/mol. The van der Waals surface area contributed by atoms with E-state index in [1.165, 1.54) is 0 Å². The Hall–Kier alpha value is -0.0900. The zero-order chi connectivity index (χ0) is 10.5. The Morgan fingerprint density at radius 2 is 1.85 bits per heavy atom. The van der Waals surface area contributed by atoms with Gasteiger partial charge in [-0.15, -0.1) is 0 Å². The maximum atomic E-state index is 11.1. The molecule has 0 aliphatic rings. The Morgan fingerprint density at radius 3 is 2.23 bits per heavy atom. The Kier molecular flexibility index (Phi) is 4.92. The van der Waals surface area contributed by atoms with Crippen LogP contribution in [0.1, 0.15) is 40.0 Å². The second-order valence-corrected chi connectivity index (χ2v) is 6.32. The van der Waals surface area contributed by atoms with Crippen molar-refractivity contribution in [1.82, 2.24) is 0 Å². The second-order valence-electron chi connectivity index (χ2n) is 3.85. The molecule has 0 aliphatic heterocycles. The van der Waals surface area contributed by atoms with E-state index in [4.69, 9.17) is 5.73 Å². The normalized spacial score (nSPS) is 16.9. The molecule has 4 heteroatoms. The van der Waals surface area contributed by atoms with Gasteiger partial charge in [-0.2, -0.15) is 0 Å². The number of sulfone groups is 1. The molecule has 0 rings (SSSR count). The van der Waals surface area contributed by atoms with Crippen molar-refractivity contribution in [3.05, 3.63) is 0 Å². The summed E-state index contributed by atoms with van der Waals surface area (Å²) in [5.74, 6) is 0.511. The van der Waals surface area contributed by atoms with E-state index in [0.717, 1.165) is 12.8 Å². The topological polar surface area (TPSA) is 60.2 Å². The largest absolute Gasteiger partial charge is 0.325 e. The highest BCUT2D eigenvalue weighted by Gasteiger charge is 2.16. The van der Waals surface area contributed by atoms with Crippen LogP contribution in [0.4, 0.5) is 0 Å². The van der Waals surface area contributed by atoms with Gasteiger partial charge in [0.2, 0.25) is 0 Å². The highest BCUT2D eigenvalue weighted by molar-refractivity contribution is 7.91. The molecule has 0 saturated heterocycles. The van der Waals surface area contributed by atoms with Crippen LogP contribution in [0, 0.1) is 0 Å². The van der Waals surface area contributed by atoms with Gasteiger partial charge in [-0.1, -0.05) is 13.8 Å². The summed E-state index contributed by atoms with van der Waals surface area (Å²) >= 11 is 0. The monoisotopic (exact) mass is 207 g/mol. The lowest BCUT2D eigenvalue weighted by atomic mass is 9.95. The highest BCUT2D eigenvalue weighted by Crippen LogP contribution is 2.13. The molecule has 0 fully saturated rings. The van der Waals surface area contributed by atoms with Gasteiger partial charge in [0, 0.05) is 11.3 Å². The van der Waals surface area contributed by atoms with Gasteiger partial charge < -0.3 is 5.73 Å². The van der Waals surface area contributed by atoms with Crippen molar-refractivity contribution in [2.24, 2.45) is 5.73 Å². The van der Waals surface area contributed by atoms with Crippen LogP contribution in [0.5, 0.6) is 0 Å². The fraction of sp³-hybridized carbons (Fsp3) is 1.00. The molecule has 3 nitrogen and oxygen atoms in total. The fourth-order valence-electron chi connectivity index (χ4n) is 1.02. The fourth-order valence-corrected chi connectivity index (χ4v) is 1.89. The van der Waals surface area contributed by atoms with Crippen LogP contribution >= 0.6 is 0 Å². The molecule has 1 atom stereocenters. The molecule has 0 radical (unpaired) electrons. The lowest BCUT2D eigenvalue weighted by Crippen LogP contribution is -2.35. The predicted octanol–water partition coefficient (Wildman–Crippen LogP) is 1.33. The van der Waals surface area contributed by atoms with E-state index in [1.807, 2.05) is 13.8 Å². The Labute approximate surface area is 81.6 Å². The molecule has 0 aromatic rings. The number of rotatable bonds is 6. The molecular formula is C9H21NO2S. The quantitative estimate of drug-likeness (QED) is 0.714. The van der Waals surface area contributed by atoms with E-state index >= 15 is 0 Å². The van der Waals surface area contributed by atoms with Crippen LogP contribution in [0.3, 0.4) is 0 Å². The minimum atomic E-state index is -2.81. The van der Waals surface area contributed by atoms with Gasteiger partial charge in [0.1, 0.15) is 9.84 Å². The van der Waals surface area contributed by atoms with Gasteiger partial charge in [-0.05, 0) is 26.2 Å². The second kappa shape index (κ2) is 4.96. The first-order chi connectivity index (χ1) is 5.83.